The highest BCUT2D eigenvalue weighted by atomic mass is 32.1. The average molecular weight is 233 g/mol. The van der Waals surface area contributed by atoms with Gasteiger partial charge in [0.15, 0.2) is 0 Å². The lowest BCUT2D eigenvalue weighted by Crippen LogP contribution is -2.03. The first-order valence-electron chi connectivity index (χ1n) is 5.31. The largest absolute Gasteiger partial charge is 0.382 e. The monoisotopic (exact) mass is 233 g/mol. The van der Waals surface area contributed by atoms with Crippen LogP contribution in [0.5, 0.6) is 0 Å². The van der Waals surface area contributed by atoms with E-state index < -0.39 is 0 Å². The van der Waals surface area contributed by atoms with E-state index >= 15 is 0 Å². The average Bonchev–Trinajstić information content (AvgIpc) is 2.75. The lowest BCUT2D eigenvalue weighted by Gasteiger charge is -2.08. The van der Waals surface area contributed by atoms with Gasteiger partial charge in [-0.25, -0.2) is 4.98 Å². The summed E-state index contributed by atoms with van der Waals surface area (Å²) in [5.74, 6) is 0.553. The van der Waals surface area contributed by atoms with Crippen LogP contribution in [-0.2, 0) is 13.0 Å². The van der Waals surface area contributed by atoms with Gasteiger partial charge in [-0.05, 0) is 35.6 Å². The summed E-state index contributed by atoms with van der Waals surface area (Å²) < 4.78 is 0. The van der Waals surface area contributed by atoms with Crippen molar-refractivity contribution in [3.05, 3.63) is 40.2 Å². The van der Waals surface area contributed by atoms with Crippen molar-refractivity contribution in [2.24, 2.45) is 0 Å². The number of nitrogens with one attached hydrogen (secondary N) is 1. The molecule has 0 amide bonds. The van der Waals surface area contributed by atoms with E-state index in [-0.39, 0.29) is 0 Å². The third-order valence-electron chi connectivity index (χ3n) is 2.50. The van der Waals surface area contributed by atoms with Gasteiger partial charge in [-0.2, -0.15) is 0 Å². The van der Waals surface area contributed by atoms with Crippen molar-refractivity contribution in [3.8, 4) is 0 Å². The molecule has 0 saturated carbocycles. The highest BCUT2D eigenvalue weighted by Gasteiger charge is 2.03. The maximum absolute atomic E-state index is 5.76. The summed E-state index contributed by atoms with van der Waals surface area (Å²) in [5.41, 5.74) is 8.06. The van der Waals surface area contributed by atoms with E-state index in [0.29, 0.717) is 5.82 Å². The van der Waals surface area contributed by atoms with Crippen molar-refractivity contribution in [1.29, 1.82) is 0 Å². The summed E-state index contributed by atoms with van der Waals surface area (Å²) in [5, 5.41) is 5.44. The van der Waals surface area contributed by atoms with E-state index in [1.807, 2.05) is 12.1 Å². The minimum Gasteiger partial charge on any atom is -0.382 e. The van der Waals surface area contributed by atoms with Gasteiger partial charge in [0.1, 0.15) is 5.82 Å². The zero-order valence-electron chi connectivity index (χ0n) is 9.23. The van der Waals surface area contributed by atoms with Gasteiger partial charge < -0.3 is 11.1 Å². The molecule has 2 aromatic rings. The minimum absolute atomic E-state index is 0.553. The molecular formula is C12H15N3S. The number of hydrogen-bond donors (Lipinski definition) is 2. The molecule has 0 aromatic carbocycles. The molecule has 0 radical (unpaired) electrons. The van der Waals surface area contributed by atoms with Gasteiger partial charge in [-0.3, -0.25) is 0 Å². The molecule has 2 heterocycles. The Morgan fingerprint density at radius 3 is 3.06 bits per heavy atom. The third kappa shape index (κ3) is 2.33. The van der Waals surface area contributed by atoms with Gasteiger partial charge in [-0.15, -0.1) is 11.3 Å². The molecule has 0 fully saturated rings. The molecule has 0 aliphatic rings. The van der Waals surface area contributed by atoms with E-state index in [1.54, 1.807) is 17.5 Å². The van der Waals surface area contributed by atoms with Crippen LogP contribution in [0.15, 0.2) is 29.8 Å². The van der Waals surface area contributed by atoms with Crippen LogP contribution >= 0.6 is 11.3 Å². The predicted octanol–water partition coefficient (Wildman–Crippen LogP) is 2.90. The van der Waals surface area contributed by atoms with Gasteiger partial charge in [0.2, 0.25) is 0 Å². The molecule has 2 aromatic heterocycles. The highest BCUT2D eigenvalue weighted by molar-refractivity contribution is 7.10. The van der Waals surface area contributed by atoms with Gasteiger partial charge in [0.05, 0.1) is 5.69 Å². The van der Waals surface area contributed by atoms with Crippen LogP contribution < -0.4 is 11.1 Å². The lowest BCUT2D eigenvalue weighted by atomic mass is 10.2. The molecule has 0 unspecified atom stereocenters. The van der Waals surface area contributed by atoms with Crippen molar-refractivity contribution in [1.82, 2.24) is 4.98 Å². The summed E-state index contributed by atoms with van der Waals surface area (Å²) in [6.45, 7) is 2.99. The summed E-state index contributed by atoms with van der Waals surface area (Å²) in [6, 6.07) is 6.00. The number of aryl methyl sites for hydroxylation is 1. The molecular weight excluding hydrogens is 218 g/mol. The molecule has 0 aliphatic carbocycles. The van der Waals surface area contributed by atoms with E-state index in [1.165, 1.54) is 10.4 Å². The van der Waals surface area contributed by atoms with Crippen molar-refractivity contribution in [2.45, 2.75) is 19.9 Å². The second-order valence-corrected chi connectivity index (χ2v) is 4.51. The van der Waals surface area contributed by atoms with Crippen LogP contribution in [0.2, 0.25) is 0 Å². The molecule has 3 N–H and O–H groups in total. The van der Waals surface area contributed by atoms with Gasteiger partial charge in [0, 0.05) is 17.6 Å². The fourth-order valence-electron chi connectivity index (χ4n) is 1.58. The van der Waals surface area contributed by atoms with E-state index in [4.69, 9.17) is 5.73 Å². The number of nitrogens with two attached hydrogens (primary N) is 1. The highest BCUT2D eigenvalue weighted by Crippen LogP contribution is 2.20. The second-order valence-electron chi connectivity index (χ2n) is 3.51. The van der Waals surface area contributed by atoms with Gasteiger partial charge >= 0.3 is 0 Å². The Labute approximate surface area is 99.3 Å². The molecule has 0 aliphatic heterocycles. The number of rotatable bonds is 4. The van der Waals surface area contributed by atoms with E-state index in [0.717, 1.165) is 18.7 Å². The van der Waals surface area contributed by atoms with Crippen LogP contribution in [0.3, 0.4) is 0 Å². The van der Waals surface area contributed by atoms with Gasteiger partial charge in [0.25, 0.3) is 0 Å². The first-order valence-corrected chi connectivity index (χ1v) is 6.19. The molecule has 0 spiro atoms. The minimum atomic E-state index is 0.553. The van der Waals surface area contributed by atoms with Crippen molar-refractivity contribution >= 4 is 22.8 Å². The number of pyridine rings is 1. The molecule has 3 nitrogen and oxygen atoms in total. The Balaban J connectivity index is 2.05. The summed E-state index contributed by atoms with van der Waals surface area (Å²) in [6.07, 6.45) is 2.77. The molecule has 0 saturated heterocycles. The number of hydrogen-bond acceptors (Lipinski definition) is 4. The van der Waals surface area contributed by atoms with Crippen molar-refractivity contribution in [2.75, 3.05) is 11.1 Å². The zero-order chi connectivity index (χ0) is 11.4. The third-order valence-corrected chi connectivity index (χ3v) is 3.46. The molecule has 84 valence electrons. The van der Waals surface area contributed by atoms with Crippen LogP contribution in [0.25, 0.3) is 0 Å². The maximum Gasteiger partial charge on any atom is 0.146 e. The predicted molar refractivity (Wildman–Crippen MR) is 69.7 cm³/mol. The van der Waals surface area contributed by atoms with Crippen molar-refractivity contribution in [3.63, 3.8) is 0 Å². The fraction of sp³-hybridized carbons (Fsp3) is 0.250. The normalized spacial score (nSPS) is 10.3. The van der Waals surface area contributed by atoms with Gasteiger partial charge in [-0.1, -0.05) is 6.92 Å². The molecule has 2 rings (SSSR count). The summed E-state index contributed by atoms with van der Waals surface area (Å²) in [4.78, 5) is 5.41. The van der Waals surface area contributed by atoms with Crippen LogP contribution in [0, 0.1) is 0 Å². The SMILES string of the molecule is CCc1ccsc1CNc1cccnc1N. The van der Waals surface area contributed by atoms with Crippen LogP contribution in [0.4, 0.5) is 11.5 Å². The molecule has 4 heteroatoms. The zero-order valence-corrected chi connectivity index (χ0v) is 10.1. The number of nitrogen functional groups attached to an aromatic ring is 1. The van der Waals surface area contributed by atoms with E-state index in [9.17, 15) is 0 Å². The second kappa shape index (κ2) is 4.99. The Morgan fingerprint density at radius 1 is 1.44 bits per heavy atom. The smallest absolute Gasteiger partial charge is 0.146 e. The van der Waals surface area contributed by atoms with Crippen molar-refractivity contribution < 1.29 is 0 Å². The topological polar surface area (TPSA) is 50.9 Å². The first-order chi connectivity index (χ1) is 7.81. The number of thiophene rings is 1. The van der Waals surface area contributed by atoms with E-state index in [2.05, 4.69) is 28.7 Å². The summed E-state index contributed by atoms with van der Waals surface area (Å²) in [7, 11) is 0. The van der Waals surface area contributed by atoms with Crippen LogP contribution in [0.1, 0.15) is 17.4 Å². The quantitative estimate of drug-likeness (QED) is 0.853. The Bertz CT molecular complexity index is 465. The first kappa shape index (κ1) is 11.0. The number of nitrogens with zero attached hydrogens (tertiary/aromatic N) is 1. The fourth-order valence-corrected chi connectivity index (χ4v) is 2.50. The number of anilines is 2. The molecule has 16 heavy (non-hydrogen) atoms. The standard InChI is InChI=1S/C12H15N3S/c1-2-9-5-7-16-11(9)8-15-10-4-3-6-14-12(10)13/h3-7,15H,2,8H2,1H3,(H2,13,14). The number of aromatic nitrogens is 1. The Hall–Kier alpha value is -1.55. The molecule has 0 bridgehead atoms. The Kier molecular flexibility index (Phi) is 3.41. The van der Waals surface area contributed by atoms with Crippen LogP contribution in [-0.4, -0.2) is 4.98 Å². The maximum atomic E-state index is 5.76. The lowest BCUT2D eigenvalue weighted by molar-refractivity contribution is 1.08. The summed E-state index contributed by atoms with van der Waals surface area (Å²) >= 11 is 1.78. The molecule has 0 atom stereocenters. The Morgan fingerprint density at radius 2 is 2.31 bits per heavy atom.